The standard InChI is InChI=1S/C23H27F2NO4/c1-4-20(23(24,25)22(27)26(2)28-3)21(30-16-19-13-9-6-10-14-19)17-29-15-18-11-7-5-8-12-18/h4-14,20-21H,1,15-17H2,2-3H3/t20-,21+/m1/s1. The molecule has 0 radical (unpaired) electrons. The lowest BCUT2D eigenvalue weighted by molar-refractivity contribution is -0.207. The molecule has 0 aromatic heterocycles. The van der Waals surface area contributed by atoms with Crippen molar-refractivity contribution < 1.29 is 27.9 Å². The van der Waals surface area contributed by atoms with Gasteiger partial charge in [0.1, 0.15) is 0 Å². The largest absolute Gasteiger partial charge is 0.374 e. The van der Waals surface area contributed by atoms with E-state index in [1.165, 1.54) is 0 Å². The quantitative estimate of drug-likeness (QED) is 0.381. The van der Waals surface area contributed by atoms with E-state index in [9.17, 15) is 13.6 Å². The Morgan fingerprint density at radius 1 is 1.07 bits per heavy atom. The minimum atomic E-state index is -3.79. The summed E-state index contributed by atoms with van der Waals surface area (Å²) in [4.78, 5) is 16.8. The maximum Gasteiger partial charge on any atom is 0.335 e. The van der Waals surface area contributed by atoms with E-state index in [0.717, 1.165) is 31.4 Å². The topological polar surface area (TPSA) is 48.0 Å². The Bertz CT molecular complexity index is 786. The van der Waals surface area contributed by atoms with Crippen LogP contribution in [0.5, 0.6) is 0 Å². The zero-order valence-electron chi connectivity index (χ0n) is 17.2. The fraction of sp³-hybridized carbons (Fsp3) is 0.348. The number of benzene rings is 2. The van der Waals surface area contributed by atoms with Crippen molar-refractivity contribution >= 4 is 5.91 Å². The molecule has 7 heteroatoms. The molecule has 0 saturated heterocycles. The SMILES string of the molecule is C=C[C@H]([C@H](COCc1ccccc1)OCc1ccccc1)C(F)(F)C(=O)N(C)OC. The molecule has 0 aliphatic carbocycles. The van der Waals surface area contributed by atoms with Gasteiger partial charge in [-0.05, 0) is 11.1 Å². The summed E-state index contributed by atoms with van der Waals surface area (Å²) in [6.07, 6.45) is -0.0706. The molecule has 2 aromatic rings. The third kappa shape index (κ3) is 6.45. The van der Waals surface area contributed by atoms with Crippen LogP contribution in [0.1, 0.15) is 11.1 Å². The van der Waals surface area contributed by atoms with Crippen LogP contribution < -0.4 is 0 Å². The number of hydrogen-bond donors (Lipinski definition) is 0. The molecule has 2 rings (SSSR count). The summed E-state index contributed by atoms with van der Waals surface area (Å²) < 4.78 is 41.4. The molecule has 2 atom stereocenters. The van der Waals surface area contributed by atoms with Crippen molar-refractivity contribution in [3.8, 4) is 0 Å². The van der Waals surface area contributed by atoms with Crippen molar-refractivity contribution in [1.82, 2.24) is 5.06 Å². The monoisotopic (exact) mass is 419 g/mol. The van der Waals surface area contributed by atoms with Gasteiger partial charge in [-0.3, -0.25) is 9.63 Å². The molecule has 0 fully saturated rings. The molecular weight excluding hydrogens is 392 g/mol. The number of rotatable bonds is 12. The number of amides is 1. The van der Waals surface area contributed by atoms with Gasteiger partial charge in [-0.25, -0.2) is 5.06 Å². The minimum absolute atomic E-state index is 0.0922. The van der Waals surface area contributed by atoms with Crippen LogP contribution in [0, 0.1) is 5.92 Å². The Kier molecular flexibility index (Phi) is 9.11. The van der Waals surface area contributed by atoms with Crippen molar-refractivity contribution in [3.05, 3.63) is 84.4 Å². The van der Waals surface area contributed by atoms with Crippen LogP contribution in [-0.2, 0) is 32.3 Å². The Hall–Kier alpha value is -2.61. The molecule has 0 saturated carbocycles. The number of carbonyl (C=O) groups excluding carboxylic acids is 1. The van der Waals surface area contributed by atoms with Gasteiger partial charge in [0.25, 0.3) is 0 Å². The highest BCUT2D eigenvalue weighted by atomic mass is 19.3. The molecular formula is C23H27F2NO4. The summed E-state index contributed by atoms with van der Waals surface area (Å²) in [5.41, 5.74) is 1.72. The second kappa shape index (κ2) is 11.5. The van der Waals surface area contributed by atoms with E-state index < -0.39 is 23.9 Å². The van der Waals surface area contributed by atoms with Crippen molar-refractivity contribution in [2.45, 2.75) is 25.2 Å². The summed E-state index contributed by atoms with van der Waals surface area (Å²) in [7, 11) is 2.27. The van der Waals surface area contributed by atoms with E-state index in [0.29, 0.717) is 5.06 Å². The maximum atomic E-state index is 15.0. The molecule has 0 unspecified atom stereocenters. The van der Waals surface area contributed by atoms with E-state index in [1.54, 1.807) is 0 Å². The van der Waals surface area contributed by atoms with Crippen LogP contribution >= 0.6 is 0 Å². The summed E-state index contributed by atoms with van der Waals surface area (Å²) in [5, 5.41) is 0.496. The molecule has 0 N–H and O–H groups in total. The lowest BCUT2D eigenvalue weighted by Gasteiger charge is -2.32. The number of hydroxylamine groups is 2. The molecule has 5 nitrogen and oxygen atoms in total. The van der Waals surface area contributed by atoms with Crippen LogP contribution in [0.3, 0.4) is 0 Å². The Morgan fingerprint density at radius 2 is 1.60 bits per heavy atom. The number of halogens is 2. The van der Waals surface area contributed by atoms with Crippen LogP contribution in [0.4, 0.5) is 8.78 Å². The van der Waals surface area contributed by atoms with Gasteiger partial charge in [0.15, 0.2) is 0 Å². The molecule has 0 spiro atoms. The van der Waals surface area contributed by atoms with Crippen molar-refractivity contribution in [2.24, 2.45) is 5.92 Å². The number of nitrogens with zero attached hydrogens (tertiary/aromatic N) is 1. The van der Waals surface area contributed by atoms with Gasteiger partial charge >= 0.3 is 11.8 Å². The molecule has 1 amide bonds. The number of hydrogen-bond acceptors (Lipinski definition) is 4. The zero-order chi connectivity index (χ0) is 22.0. The number of carbonyl (C=O) groups is 1. The minimum Gasteiger partial charge on any atom is -0.374 e. The van der Waals surface area contributed by atoms with Gasteiger partial charge in [0.2, 0.25) is 0 Å². The normalized spacial score (nSPS) is 13.5. The van der Waals surface area contributed by atoms with E-state index in [-0.39, 0.29) is 19.8 Å². The lowest BCUT2D eigenvalue weighted by Crippen LogP contribution is -2.50. The lowest BCUT2D eigenvalue weighted by atomic mass is 9.94. The second-order valence-electron chi connectivity index (χ2n) is 6.71. The van der Waals surface area contributed by atoms with E-state index in [4.69, 9.17) is 9.47 Å². The highest BCUT2D eigenvalue weighted by molar-refractivity contribution is 5.83. The predicted octanol–water partition coefficient (Wildman–Crippen LogP) is 4.25. The Morgan fingerprint density at radius 3 is 2.10 bits per heavy atom. The smallest absolute Gasteiger partial charge is 0.335 e. The highest BCUT2D eigenvalue weighted by Crippen LogP contribution is 2.32. The fourth-order valence-electron chi connectivity index (χ4n) is 2.87. The number of alkyl halides is 2. The van der Waals surface area contributed by atoms with Crippen LogP contribution in [0.15, 0.2) is 73.3 Å². The molecule has 0 bridgehead atoms. The Balaban J connectivity index is 2.15. The summed E-state index contributed by atoms with van der Waals surface area (Å²) in [6, 6.07) is 18.5. The Labute approximate surface area is 175 Å². The zero-order valence-corrected chi connectivity index (χ0v) is 17.2. The molecule has 162 valence electrons. The predicted molar refractivity (Wildman–Crippen MR) is 110 cm³/mol. The highest BCUT2D eigenvalue weighted by Gasteiger charge is 2.51. The summed E-state index contributed by atoms with van der Waals surface area (Å²) in [5.74, 6) is -6.88. The van der Waals surface area contributed by atoms with Crippen LogP contribution in [0.25, 0.3) is 0 Å². The van der Waals surface area contributed by atoms with Crippen LogP contribution in [-0.4, -0.2) is 43.8 Å². The first-order valence-electron chi connectivity index (χ1n) is 9.50. The van der Waals surface area contributed by atoms with Gasteiger partial charge in [-0.15, -0.1) is 6.58 Å². The second-order valence-corrected chi connectivity index (χ2v) is 6.71. The first kappa shape index (κ1) is 23.7. The first-order valence-corrected chi connectivity index (χ1v) is 9.50. The average Bonchev–Trinajstić information content (AvgIpc) is 2.77. The maximum absolute atomic E-state index is 15.0. The molecule has 0 aliphatic rings. The van der Waals surface area contributed by atoms with Gasteiger partial charge in [-0.1, -0.05) is 66.7 Å². The molecule has 2 aromatic carbocycles. The first-order chi connectivity index (χ1) is 14.4. The van der Waals surface area contributed by atoms with Crippen molar-refractivity contribution in [1.29, 1.82) is 0 Å². The summed E-state index contributed by atoms with van der Waals surface area (Å²) >= 11 is 0. The average molecular weight is 419 g/mol. The van der Waals surface area contributed by atoms with Gasteiger partial charge < -0.3 is 9.47 Å². The van der Waals surface area contributed by atoms with Gasteiger partial charge in [0.05, 0.1) is 39.0 Å². The molecule has 30 heavy (non-hydrogen) atoms. The molecule has 0 aliphatic heterocycles. The summed E-state index contributed by atoms with van der Waals surface area (Å²) in [6.45, 7) is 3.69. The van der Waals surface area contributed by atoms with Crippen molar-refractivity contribution in [3.63, 3.8) is 0 Å². The number of ether oxygens (including phenoxy) is 2. The molecule has 0 heterocycles. The fourth-order valence-corrected chi connectivity index (χ4v) is 2.87. The van der Waals surface area contributed by atoms with E-state index >= 15 is 0 Å². The van der Waals surface area contributed by atoms with Crippen LogP contribution in [0.2, 0.25) is 0 Å². The van der Waals surface area contributed by atoms with E-state index in [2.05, 4.69) is 11.4 Å². The van der Waals surface area contributed by atoms with Gasteiger partial charge in [-0.2, -0.15) is 8.78 Å². The third-order valence-electron chi connectivity index (χ3n) is 4.62. The van der Waals surface area contributed by atoms with Gasteiger partial charge in [0, 0.05) is 7.05 Å². The van der Waals surface area contributed by atoms with E-state index in [1.807, 2.05) is 60.7 Å². The third-order valence-corrected chi connectivity index (χ3v) is 4.62. The van der Waals surface area contributed by atoms with Crippen molar-refractivity contribution in [2.75, 3.05) is 20.8 Å².